The van der Waals surface area contributed by atoms with E-state index < -0.39 is 0 Å². The molecule has 142 valence electrons. The Kier molecular flexibility index (Phi) is 7.32. The molecule has 0 unspecified atom stereocenters. The SMILES string of the molecule is CCNC(=NCCCc1c(C)noc1C)Nc1ccc(OC)c(OC)c1. The van der Waals surface area contributed by atoms with E-state index in [0.29, 0.717) is 18.0 Å². The van der Waals surface area contributed by atoms with Crippen molar-refractivity contribution in [3.05, 3.63) is 35.2 Å². The van der Waals surface area contributed by atoms with Crippen LogP contribution in [0.5, 0.6) is 11.5 Å². The molecule has 26 heavy (non-hydrogen) atoms. The molecule has 0 amide bonds. The summed E-state index contributed by atoms with van der Waals surface area (Å²) < 4.78 is 15.8. The van der Waals surface area contributed by atoms with Crippen molar-refractivity contribution in [3.8, 4) is 11.5 Å². The van der Waals surface area contributed by atoms with E-state index in [4.69, 9.17) is 14.0 Å². The second-order valence-electron chi connectivity index (χ2n) is 5.86. The Morgan fingerprint density at radius 2 is 1.96 bits per heavy atom. The van der Waals surface area contributed by atoms with Gasteiger partial charge in [-0.2, -0.15) is 0 Å². The van der Waals surface area contributed by atoms with Gasteiger partial charge in [0, 0.05) is 30.4 Å². The molecule has 0 aliphatic heterocycles. The minimum Gasteiger partial charge on any atom is -0.493 e. The molecule has 7 nitrogen and oxygen atoms in total. The summed E-state index contributed by atoms with van der Waals surface area (Å²) in [5, 5.41) is 10.5. The fourth-order valence-corrected chi connectivity index (χ4v) is 2.66. The Balaban J connectivity index is 1.98. The first-order chi connectivity index (χ1) is 12.6. The molecule has 0 radical (unpaired) electrons. The van der Waals surface area contributed by atoms with Gasteiger partial charge in [0.05, 0.1) is 19.9 Å². The summed E-state index contributed by atoms with van der Waals surface area (Å²) in [6.07, 6.45) is 1.83. The topological polar surface area (TPSA) is 80.9 Å². The molecule has 0 saturated heterocycles. The number of benzene rings is 1. The van der Waals surface area contributed by atoms with Crippen LogP contribution in [0.15, 0.2) is 27.7 Å². The van der Waals surface area contributed by atoms with E-state index in [1.807, 2.05) is 39.0 Å². The predicted molar refractivity (Wildman–Crippen MR) is 103 cm³/mol. The molecule has 7 heteroatoms. The van der Waals surface area contributed by atoms with Crippen molar-refractivity contribution >= 4 is 11.6 Å². The van der Waals surface area contributed by atoms with Crippen molar-refractivity contribution in [2.24, 2.45) is 4.99 Å². The fourth-order valence-electron chi connectivity index (χ4n) is 2.66. The number of guanidine groups is 1. The third kappa shape index (κ3) is 5.15. The van der Waals surface area contributed by atoms with Gasteiger partial charge in [-0.05, 0) is 45.7 Å². The van der Waals surface area contributed by atoms with Gasteiger partial charge in [-0.15, -0.1) is 0 Å². The molecule has 2 rings (SSSR count). The zero-order valence-electron chi connectivity index (χ0n) is 16.2. The molecule has 1 aromatic carbocycles. The lowest BCUT2D eigenvalue weighted by molar-refractivity contribution is 0.355. The highest BCUT2D eigenvalue weighted by Crippen LogP contribution is 2.29. The average molecular weight is 360 g/mol. The van der Waals surface area contributed by atoms with Gasteiger partial charge in [-0.25, -0.2) is 0 Å². The molecule has 2 N–H and O–H groups in total. The normalized spacial score (nSPS) is 11.3. The van der Waals surface area contributed by atoms with Crippen LogP contribution in [0.25, 0.3) is 0 Å². The number of ether oxygens (including phenoxy) is 2. The number of nitrogens with one attached hydrogen (secondary N) is 2. The van der Waals surface area contributed by atoms with Crippen LogP contribution >= 0.6 is 0 Å². The van der Waals surface area contributed by atoms with E-state index in [1.165, 1.54) is 5.56 Å². The molecule has 0 spiro atoms. The smallest absolute Gasteiger partial charge is 0.195 e. The van der Waals surface area contributed by atoms with Crippen LogP contribution in [-0.2, 0) is 6.42 Å². The van der Waals surface area contributed by atoms with Crippen LogP contribution in [-0.4, -0.2) is 38.4 Å². The number of methoxy groups -OCH3 is 2. The van der Waals surface area contributed by atoms with Gasteiger partial charge < -0.3 is 24.6 Å². The first-order valence-electron chi connectivity index (χ1n) is 8.78. The third-order valence-corrected chi connectivity index (χ3v) is 4.03. The van der Waals surface area contributed by atoms with Gasteiger partial charge in [-0.3, -0.25) is 4.99 Å². The van der Waals surface area contributed by atoms with Gasteiger partial charge in [0.25, 0.3) is 0 Å². The average Bonchev–Trinajstić information content (AvgIpc) is 2.96. The molecule has 2 aromatic rings. The molecular formula is C19H28N4O3. The van der Waals surface area contributed by atoms with Crippen molar-refractivity contribution < 1.29 is 14.0 Å². The molecule has 0 bridgehead atoms. The number of hydrogen-bond acceptors (Lipinski definition) is 5. The molecular weight excluding hydrogens is 332 g/mol. The first kappa shape index (κ1) is 19.6. The van der Waals surface area contributed by atoms with Crippen LogP contribution in [0.3, 0.4) is 0 Å². The zero-order valence-corrected chi connectivity index (χ0v) is 16.2. The molecule has 0 saturated carbocycles. The summed E-state index contributed by atoms with van der Waals surface area (Å²) in [6, 6.07) is 5.68. The number of aliphatic imine (C=N–C) groups is 1. The highest BCUT2D eigenvalue weighted by atomic mass is 16.5. The summed E-state index contributed by atoms with van der Waals surface area (Å²) in [6.45, 7) is 7.43. The fraction of sp³-hybridized carbons (Fsp3) is 0.474. The highest BCUT2D eigenvalue weighted by molar-refractivity contribution is 5.93. The summed E-state index contributed by atoms with van der Waals surface area (Å²) in [7, 11) is 3.24. The quantitative estimate of drug-likeness (QED) is 0.427. The van der Waals surface area contributed by atoms with Crippen LogP contribution in [0.4, 0.5) is 5.69 Å². The maximum atomic E-state index is 5.34. The van der Waals surface area contributed by atoms with E-state index in [9.17, 15) is 0 Å². The maximum Gasteiger partial charge on any atom is 0.195 e. The molecule has 1 aromatic heterocycles. The van der Waals surface area contributed by atoms with Crippen LogP contribution in [0, 0.1) is 13.8 Å². The molecule has 0 atom stereocenters. The van der Waals surface area contributed by atoms with E-state index in [-0.39, 0.29) is 0 Å². The molecule has 0 fully saturated rings. The van der Waals surface area contributed by atoms with Crippen molar-refractivity contribution in [1.82, 2.24) is 10.5 Å². The highest BCUT2D eigenvalue weighted by Gasteiger charge is 2.09. The Morgan fingerprint density at radius 1 is 1.19 bits per heavy atom. The molecule has 1 heterocycles. The van der Waals surface area contributed by atoms with Crippen molar-refractivity contribution in [3.63, 3.8) is 0 Å². The lowest BCUT2D eigenvalue weighted by Crippen LogP contribution is -2.30. The number of aryl methyl sites for hydroxylation is 2. The monoisotopic (exact) mass is 360 g/mol. The standard InChI is InChI=1S/C19H28N4O3/c1-6-20-19(21-11-7-8-16-13(2)23-26-14(16)3)22-15-9-10-17(24-4)18(12-15)25-5/h9-10,12H,6-8,11H2,1-5H3,(H2,20,21,22). The number of nitrogens with zero attached hydrogens (tertiary/aromatic N) is 2. The minimum absolute atomic E-state index is 0.673. The maximum absolute atomic E-state index is 5.34. The summed E-state index contributed by atoms with van der Waals surface area (Å²) in [5.74, 6) is 2.99. The zero-order chi connectivity index (χ0) is 18.9. The van der Waals surface area contributed by atoms with Crippen LogP contribution in [0.1, 0.15) is 30.4 Å². The first-order valence-corrected chi connectivity index (χ1v) is 8.78. The third-order valence-electron chi connectivity index (χ3n) is 4.03. The van der Waals surface area contributed by atoms with Gasteiger partial charge in [0.15, 0.2) is 17.5 Å². The van der Waals surface area contributed by atoms with E-state index in [2.05, 4.69) is 20.8 Å². The molecule has 0 aliphatic carbocycles. The van der Waals surface area contributed by atoms with Crippen molar-refractivity contribution in [2.45, 2.75) is 33.6 Å². The lowest BCUT2D eigenvalue weighted by atomic mass is 10.1. The Bertz CT molecular complexity index is 721. The van der Waals surface area contributed by atoms with Gasteiger partial charge in [-0.1, -0.05) is 5.16 Å². The van der Waals surface area contributed by atoms with Gasteiger partial charge in [0.2, 0.25) is 0 Å². The Hall–Kier alpha value is -2.70. The molecule has 0 aliphatic rings. The number of rotatable bonds is 8. The van der Waals surface area contributed by atoms with E-state index in [0.717, 1.165) is 42.5 Å². The summed E-state index contributed by atoms with van der Waals surface area (Å²) in [5.41, 5.74) is 3.02. The van der Waals surface area contributed by atoms with Crippen molar-refractivity contribution in [1.29, 1.82) is 0 Å². The van der Waals surface area contributed by atoms with Gasteiger partial charge >= 0.3 is 0 Å². The van der Waals surface area contributed by atoms with Crippen LogP contribution < -0.4 is 20.1 Å². The second kappa shape index (κ2) is 9.70. The minimum atomic E-state index is 0.673. The van der Waals surface area contributed by atoms with E-state index >= 15 is 0 Å². The Labute approximate surface area is 154 Å². The van der Waals surface area contributed by atoms with Gasteiger partial charge in [0.1, 0.15) is 5.76 Å². The number of anilines is 1. The number of aromatic nitrogens is 1. The predicted octanol–water partition coefficient (Wildman–Crippen LogP) is 3.32. The lowest BCUT2D eigenvalue weighted by Gasteiger charge is -2.13. The summed E-state index contributed by atoms with van der Waals surface area (Å²) in [4.78, 5) is 4.64. The summed E-state index contributed by atoms with van der Waals surface area (Å²) >= 11 is 0. The number of hydrogen-bond donors (Lipinski definition) is 2. The largest absolute Gasteiger partial charge is 0.493 e. The Morgan fingerprint density at radius 3 is 2.58 bits per heavy atom. The van der Waals surface area contributed by atoms with Crippen LogP contribution in [0.2, 0.25) is 0 Å². The van der Waals surface area contributed by atoms with E-state index in [1.54, 1.807) is 14.2 Å². The second-order valence-corrected chi connectivity index (χ2v) is 5.86. The van der Waals surface area contributed by atoms with Crippen molar-refractivity contribution in [2.75, 3.05) is 32.6 Å².